The first-order valence-corrected chi connectivity index (χ1v) is 10.8. The molecule has 0 saturated carbocycles. The standard InChI is InChI=1S/C23H19F3N6O2/c1-11-4-19-20(13-3-2-12(23(24,25)26)5-18(13)34-19)31(9-11)22(33)14-6-16-15(7-29-14)30-21(27)17-8-28-10-32(16)17/h2-3,5-8,10-11,19-20H,4,9H2,1H3,(H2,27,30)/t11-,19?,20?/m0/s1. The van der Waals surface area contributed by atoms with E-state index in [4.69, 9.17) is 10.5 Å². The van der Waals surface area contributed by atoms with E-state index in [1.807, 2.05) is 6.92 Å². The number of amides is 1. The minimum absolute atomic E-state index is 0.101. The number of hydrogen-bond acceptors (Lipinski definition) is 6. The Kier molecular flexibility index (Phi) is 4.29. The van der Waals surface area contributed by atoms with E-state index in [2.05, 4.69) is 15.0 Å². The summed E-state index contributed by atoms with van der Waals surface area (Å²) < 4.78 is 47.3. The number of carbonyl (C=O) groups is 1. The van der Waals surface area contributed by atoms with Crippen LogP contribution in [0.15, 0.2) is 43.0 Å². The Morgan fingerprint density at radius 3 is 2.82 bits per heavy atom. The summed E-state index contributed by atoms with van der Waals surface area (Å²) in [6.07, 6.45) is 0.394. The largest absolute Gasteiger partial charge is 0.488 e. The summed E-state index contributed by atoms with van der Waals surface area (Å²) in [5.41, 5.74) is 7.73. The average Bonchev–Trinajstić information content (AvgIpc) is 3.42. The number of aromatic nitrogens is 4. The van der Waals surface area contributed by atoms with Crippen molar-refractivity contribution in [3.63, 3.8) is 0 Å². The van der Waals surface area contributed by atoms with Gasteiger partial charge in [0.05, 0.1) is 35.8 Å². The number of halogens is 3. The van der Waals surface area contributed by atoms with Gasteiger partial charge in [0.15, 0.2) is 0 Å². The second-order valence-corrected chi connectivity index (χ2v) is 8.85. The molecule has 2 aliphatic rings. The van der Waals surface area contributed by atoms with Gasteiger partial charge in [-0.05, 0) is 30.5 Å². The summed E-state index contributed by atoms with van der Waals surface area (Å²) in [6.45, 7) is 2.42. The van der Waals surface area contributed by atoms with Crippen molar-refractivity contribution in [3.8, 4) is 5.75 Å². The molecule has 2 aliphatic heterocycles. The van der Waals surface area contributed by atoms with Gasteiger partial charge in [0.2, 0.25) is 0 Å². The molecule has 0 radical (unpaired) electrons. The maximum atomic E-state index is 13.7. The lowest BCUT2D eigenvalue weighted by Crippen LogP contribution is -2.47. The summed E-state index contributed by atoms with van der Waals surface area (Å²) in [6, 6.07) is 4.61. The first-order chi connectivity index (χ1) is 16.2. The lowest BCUT2D eigenvalue weighted by molar-refractivity contribution is -0.137. The smallest absolute Gasteiger partial charge is 0.416 e. The monoisotopic (exact) mass is 468 g/mol. The number of likely N-dealkylation sites (tertiary alicyclic amines) is 1. The van der Waals surface area contributed by atoms with Gasteiger partial charge >= 0.3 is 6.18 Å². The number of carbonyl (C=O) groups excluding carboxylic acids is 1. The molecular formula is C23H19F3N6O2. The van der Waals surface area contributed by atoms with Gasteiger partial charge in [-0.25, -0.2) is 15.0 Å². The molecule has 1 aromatic carbocycles. The zero-order valence-corrected chi connectivity index (χ0v) is 18.0. The summed E-state index contributed by atoms with van der Waals surface area (Å²) in [5.74, 6) is 0.244. The van der Waals surface area contributed by atoms with Crippen molar-refractivity contribution in [2.75, 3.05) is 12.3 Å². The van der Waals surface area contributed by atoms with Crippen LogP contribution in [0, 0.1) is 5.92 Å². The zero-order chi connectivity index (χ0) is 23.8. The van der Waals surface area contributed by atoms with Crippen molar-refractivity contribution in [2.45, 2.75) is 31.7 Å². The highest BCUT2D eigenvalue weighted by atomic mass is 19.4. The lowest BCUT2D eigenvalue weighted by atomic mass is 9.88. The number of ether oxygens (including phenoxy) is 1. The van der Waals surface area contributed by atoms with Crippen molar-refractivity contribution in [2.24, 2.45) is 5.92 Å². The Morgan fingerprint density at radius 1 is 1.21 bits per heavy atom. The molecular weight excluding hydrogens is 449 g/mol. The summed E-state index contributed by atoms with van der Waals surface area (Å²) in [4.78, 5) is 28.1. The molecule has 1 saturated heterocycles. The fraction of sp³-hybridized carbons (Fsp3) is 0.304. The van der Waals surface area contributed by atoms with Crippen LogP contribution >= 0.6 is 0 Å². The maximum absolute atomic E-state index is 13.7. The second-order valence-electron chi connectivity index (χ2n) is 8.85. The van der Waals surface area contributed by atoms with Crippen LogP contribution in [0.3, 0.4) is 0 Å². The van der Waals surface area contributed by atoms with Gasteiger partial charge in [-0.2, -0.15) is 13.2 Å². The number of nitrogens with zero attached hydrogens (tertiary/aromatic N) is 5. The molecule has 174 valence electrons. The van der Waals surface area contributed by atoms with Gasteiger partial charge in [-0.15, -0.1) is 0 Å². The molecule has 0 aliphatic carbocycles. The van der Waals surface area contributed by atoms with E-state index in [-0.39, 0.29) is 23.3 Å². The fourth-order valence-corrected chi connectivity index (χ4v) is 5.00. The molecule has 3 atom stereocenters. The van der Waals surface area contributed by atoms with Crippen LogP contribution in [-0.2, 0) is 6.18 Å². The Labute approximate surface area is 191 Å². The zero-order valence-electron chi connectivity index (χ0n) is 18.0. The molecule has 0 spiro atoms. The molecule has 2 N–H and O–H groups in total. The molecule has 34 heavy (non-hydrogen) atoms. The molecule has 11 heteroatoms. The van der Waals surface area contributed by atoms with Crippen molar-refractivity contribution in [1.82, 2.24) is 24.3 Å². The molecule has 6 rings (SSSR count). The van der Waals surface area contributed by atoms with Gasteiger partial charge in [0, 0.05) is 12.1 Å². The van der Waals surface area contributed by atoms with Crippen molar-refractivity contribution < 1.29 is 22.7 Å². The Bertz CT molecular complexity index is 1470. The third-order valence-corrected chi connectivity index (χ3v) is 6.51. The van der Waals surface area contributed by atoms with E-state index < -0.39 is 23.9 Å². The number of fused-ring (bicyclic) bond motifs is 6. The number of pyridine rings is 1. The highest BCUT2D eigenvalue weighted by molar-refractivity contribution is 5.96. The first kappa shape index (κ1) is 20.7. The van der Waals surface area contributed by atoms with Crippen LogP contribution in [0.4, 0.5) is 19.0 Å². The van der Waals surface area contributed by atoms with Crippen molar-refractivity contribution in [3.05, 3.63) is 59.8 Å². The summed E-state index contributed by atoms with van der Waals surface area (Å²) in [5, 5.41) is 0. The summed E-state index contributed by atoms with van der Waals surface area (Å²) in [7, 11) is 0. The third-order valence-electron chi connectivity index (χ3n) is 6.51. The number of rotatable bonds is 1. The number of alkyl halides is 3. The summed E-state index contributed by atoms with van der Waals surface area (Å²) >= 11 is 0. The van der Waals surface area contributed by atoms with Crippen LogP contribution < -0.4 is 10.5 Å². The van der Waals surface area contributed by atoms with Crippen LogP contribution in [0.2, 0.25) is 0 Å². The Morgan fingerprint density at radius 2 is 2.03 bits per heavy atom. The number of anilines is 1. The van der Waals surface area contributed by atoms with E-state index in [9.17, 15) is 18.0 Å². The highest BCUT2D eigenvalue weighted by Crippen LogP contribution is 2.47. The van der Waals surface area contributed by atoms with Crippen LogP contribution in [0.25, 0.3) is 16.6 Å². The minimum Gasteiger partial charge on any atom is -0.488 e. The predicted octanol–water partition coefficient (Wildman–Crippen LogP) is 3.86. The molecule has 5 heterocycles. The molecule has 4 aromatic rings. The number of piperidine rings is 1. The van der Waals surface area contributed by atoms with E-state index in [1.54, 1.807) is 27.9 Å². The number of nitrogen functional groups attached to an aromatic ring is 1. The maximum Gasteiger partial charge on any atom is 0.416 e. The molecule has 8 nitrogen and oxygen atoms in total. The van der Waals surface area contributed by atoms with Crippen molar-refractivity contribution >= 4 is 28.3 Å². The van der Waals surface area contributed by atoms with Crippen LogP contribution in [0.1, 0.15) is 41.0 Å². The number of hydrogen-bond donors (Lipinski definition) is 1. The molecule has 1 fully saturated rings. The fourth-order valence-electron chi connectivity index (χ4n) is 5.00. The van der Waals surface area contributed by atoms with Gasteiger partial charge in [-0.3, -0.25) is 9.20 Å². The van der Waals surface area contributed by atoms with Gasteiger partial charge < -0.3 is 15.4 Å². The van der Waals surface area contributed by atoms with Crippen LogP contribution in [0.5, 0.6) is 5.75 Å². The third kappa shape index (κ3) is 3.06. The topological polar surface area (TPSA) is 98.6 Å². The number of imidazole rings is 1. The van der Waals surface area contributed by atoms with Gasteiger partial charge in [-0.1, -0.05) is 13.0 Å². The quantitative estimate of drug-likeness (QED) is 0.456. The van der Waals surface area contributed by atoms with E-state index in [1.165, 1.54) is 12.3 Å². The Hall–Kier alpha value is -3.89. The lowest BCUT2D eigenvalue weighted by Gasteiger charge is -2.39. The van der Waals surface area contributed by atoms with E-state index >= 15 is 0 Å². The van der Waals surface area contributed by atoms with Gasteiger partial charge in [0.25, 0.3) is 5.91 Å². The second kappa shape index (κ2) is 7.05. The SMILES string of the molecule is C[C@H]1CC2Oc3cc(C(F)(F)F)ccc3C2N(C(=O)c2cc3c(cn2)nc(N)c2cncn23)C1. The predicted molar refractivity (Wildman–Crippen MR) is 116 cm³/mol. The van der Waals surface area contributed by atoms with Gasteiger partial charge in [0.1, 0.15) is 34.4 Å². The van der Waals surface area contributed by atoms with E-state index in [0.29, 0.717) is 40.9 Å². The number of nitrogens with two attached hydrogens (primary N) is 1. The average molecular weight is 468 g/mol. The van der Waals surface area contributed by atoms with Crippen molar-refractivity contribution in [1.29, 1.82) is 0 Å². The molecule has 3 aromatic heterocycles. The highest BCUT2D eigenvalue weighted by Gasteiger charge is 2.46. The number of benzene rings is 1. The van der Waals surface area contributed by atoms with E-state index in [0.717, 1.165) is 12.1 Å². The molecule has 0 bridgehead atoms. The first-order valence-electron chi connectivity index (χ1n) is 10.8. The minimum atomic E-state index is -4.47. The normalized spacial score (nSPS) is 22.0. The molecule has 1 amide bonds. The van der Waals surface area contributed by atoms with Crippen LogP contribution in [-0.4, -0.2) is 42.8 Å². The Balaban J connectivity index is 1.41. The molecule has 2 unspecified atom stereocenters.